The maximum absolute atomic E-state index is 11.9. The first kappa shape index (κ1) is 14.9. The maximum Gasteiger partial charge on any atom is 0.317 e. The van der Waals surface area contributed by atoms with Gasteiger partial charge in [-0.3, -0.25) is 4.79 Å². The van der Waals surface area contributed by atoms with Crippen LogP contribution in [0, 0.1) is 0 Å². The van der Waals surface area contributed by atoms with E-state index < -0.39 is 5.97 Å². The predicted octanol–water partition coefficient (Wildman–Crippen LogP) is 0.507. The van der Waals surface area contributed by atoms with Crippen LogP contribution < -0.4 is 5.32 Å². The summed E-state index contributed by atoms with van der Waals surface area (Å²) in [5.41, 5.74) is 0. The summed E-state index contributed by atoms with van der Waals surface area (Å²) in [6.45, 7) is 4.20. The van der Waals surface area contributed by atoms with Crippen LogP contribution in [-0.2, 0) is 11.2 Å². The van der Waals surface area contributed by atoms with Crippen LogP contribution in [0.1, 0.15) is 26.2 Å². The normalized spacial score (nSPS) is 10.5. The zero-order valence-corrected chi connectivity index (χ0v) is 11.0. The second-order valence-electron chi connectivity index (χ2n) is 4.25. The summed E-state index contributed by atoms with van der Waals surface area (Å²) in [5.74, 6) is -0.480. The van der Waals surface area contributed by atoms with E-state index in [1.165, 1.54) is 11.2 Å². The topological polar surface area (TPSA) is 109 Å². The summed E-state index contributed by atoms with van der Waals surface area (Å²) in [7, 11) is 0. The highest BCUT2D eigenvalue weighted by molar-refractivity contribution is 5.75. The van der Waals surface area contributed by atoms with Crippen molar-refractivity contribution >= 4 is 12.0 Å². The number of aliphatic carboxylic acids is 1. The molecule has 0 radical (unpaired) electrons. The molecule has 0 bridgehead atoms. The molecule has 0 saturated carbocycles. The molecule has 19 heavy (non-hydrogen) atoms. The average molecular weight is 270 g/mol. The van der Waals surface area contributed by atoms with Crippen molar-refractivity contribution in [3.63, 3.8) is 0 Å². The van der Waals surface area contributed by atoms with Gasteiger partial charge in [0.2, 0.25) is 5.89 Å². The molecule has 1 aromatic heterocycles. The number of nitrogens with one attached hydrogen (secondary N) is 1. The van der Waals surface area contributed by atoms with Crippen LogP contribution in [0.15, 0.2) is 10.9 Å². The Labute approximate surface area is 110 Å². The molecule has 2 N–H and O–H groups in total. The molecule has 0 unspecified atom stereocenters. The number of amides is 2. The van der Waals surface area contributed by atoms with Crippen LogP contribution in [0.3, 0.4) is 0 Å². The Kier molecular flexibility index (Phi) is 5.77. The highest BCUT2D eigenvalue weighted by Gasteiger charge is 2.17. The van der Waals surface area contributed by atoms with E-state index in [1.54, 1.807) is 0 Å². The SMILES string of the molecule is CC(C)N(CCC(=O)O)C(=O)NCCc1ncno1. The van der Waals surface area contributed by atoms with Gasteiger partial charge in [-0.15, -0.1) is 0 Å². The van der Waals surface area contributed by atoms with E-state index in [9.17, 15) is 9.59 Å². The monoisotopic (exact) mass is 270 g/mol. The highest BCUT2D eigenvalue weighted by atomic mass is 16.5. The lowest BCUT2D eigenvalue weighted by Gasteiger charge is -2.26. The van der Waals surface area contributed by atoms with Gasteiger partial charge in [0.15, 0.2) is 6.33 Å². The average Bonchev–Trinajstić information content (AvgIpc) is 2.81. The molecule has 0 fully saturated rings. The van der Waals surface area contributed by atoms with Gasteiger partial charge in [0.05, 0.1) is 6.42 Å². The van der Waals surface area contributed by atoms with Gasteiger partial charge in [-0.25, -0.2) is 4.79 Å². The number of urea groups is 1. The lowest BCUT2D eigenvalue weighted by atomic mass is 10.3. The number of hydrogen-bond acceptors (Lipinski definition) is 5. The van der Waals surface area contributed by atoms with Gasteiger partial charge in [0, 0.05) is 25.6 Å². The van der Waals surface area contributed by atoms with Crippen LogP contribution in [-0.4, -0.2) is 51.3 Å². The first-order chi connectivity index (χ1) is 9.00. The number of nitrogens with zero attached hydrogens (tertiary/aromatic N) is 3. The summed E-state index contributed by atoms with van der Waals surface area (Å²) < 4.78 is 4.80. The van der Waals surface area contributed by atoms with E-state index in [2.05, 4.69) is 15.5 Å². The molecule has 0 aliphatic carbocycles. The number of carbonyl (C=O) groups is 2. The minimum absolute atomic E-state index is 0.0669. The number of aromatic nitrogens is 2. The van der Waals surface area contributed by atoms with E-state index in [4.69, 9.17) is 9.63 Å². The summed E-state index contributed by atoms with van der Waals surface area (Å²) >= 11 is 0. The van der Waals surface area contributed by atoms with E-state index in [0.717, 1.165) is 0 Å². The largest absolute Gasteiger partial charge is 0.481 e. The Hall–Kier alpha value is -2.12. The zero-order chi connectivity index (χ0) is 14.3. The van der Waals surface area contributed by atoms with E-state index in [1.807, 2.05) is 13.8 Å². The summed E-state index contributed by atoms with van der Waals surface area (Å²) in [6.07, 6.45) is 1.66. The minimum Gasteiger partial charge on any atom is -0.481 e. The summed E-state index contributed by atoms with van der Waals surface area (Å²) in [4.78, 5) is 27.7. The summed E-state index contributed by atoms with van der Waals surface area (Å²) in [6, 6.07) is -0.362. The van der Waals surface area contributed by atoms with Crippen molar-refractivity contribution in [3.8, 4) is 0 Å². The molecular formula is C11H18N4O4. The van der Waals surface area contributed by atoms with Gasteiger partial charge in [0.1, 0.15) is 0 Å². The number of carboxylic acid groups (broad SMARTS) is 1. The van der Waals surface area contributed by atoms with Crippen LogP contribution in [0.5, 0.6) is 0 Å². The number of carboxylic acids is 1. The van der Waals surface area contributed by atoms with Crippen LogP contribution in [0.4, 0.5) is 4.79 Å². The van der Waals surface area contributed by atoms with Crippen molar-refractivity contribution < 1.29 is 19.2 Å². The third-order valence-corrected chi connectivity index (χ3v) is 2.47. The molecule has 0 aliphatic rings. The molecule has 0 atom stereocenters. The quantitative estimate of drug-likeness (QED) is 0.747. The number of hydrogen-bond donors (Lipinski definition) is 2. The van der Waals surface area contributed by atoms with Gasteiger partial charge >= 0.3 is 12.0 Å². The third kappa shape index (κ3) is 5.36. The predicted molar refractivity (Wildman–Crippen MR) is 65.5 cm³/mol. The standard InChI is InChI=1S/C11H18N4O4/c1-8(2)15(6-4-10(16)17)11(18)12-5-3-9-13-7-14-19-9/h7-8H,3-6H2,1-2H3,(H,12,18)(H,16,17). The van der Waals surface area contributed by atoms with Gasteiger partial charge in [-0.2, -0.15) is 4.98 Å². The van der Waals surface area contributed by atoms with Crippen LogP contribution >= 0.6 is 0 Å². The van der Waals surface area contributed by atoms with Crippen molar-refractivity contribution in [2.45, 2.75) is 32.7 Å². The van der Waals surface area contributed by atoms with Crippen molar-refractivity contribution in [2.75, 3.05) is 13.1 Å². The van der Waals surface area contributed by atoms with E-state index >= 15 is 0 Å². The summed E-state index contributed by atoms with van der Waals surface area (Å²) in [5, 5.41) is 14.8. The van der Waals surface area contributed by atoms with Gasteiger partial charge in [0.25, 0.3) is 0 Å². The maximum atomic E-state index is 11.9. The van der Waals surface area contributed by atoms with E-state index in [0.29, 0.717) is 18.9 Å². The number of rotatable bonds is 7. The molecule has 8 nitrogen and oxygen atoms in total. The van der Waals surface area contributed by atoms with Gasteiger partial charge in [-0.1, -0.05) is 5.16 Å². The van der Waals surface area contributed by atoms with Crippen LogP contribution in [0.2, 0.25) is 0 Å². The molecule has 8 heteroatoms. The van der Waals surface area contributed by atoms with Gasteiger partial charge < -0.3 is 19.8 Å². The molecule has 1 aromatic rings. The lowest BCUT2D eigenvalue weighted by molar-refractivity contribution is -0.137. The molecule has 0 saturated heterocycles. The second kappa shape index (κ2) is 7.34. The Balaban J connectivity index is 2.36. The smallest absolute Gasteiger partial charge is 0.317 e. The Bertz CT molecular complexity index is 405. The van der Waals surface area contributed by atoms with Crippen molar-refractivity contribution in [1.82, 2.24) is 20.4 Å². The lowest BCUT2D eigenvalue weighted by Crippen LogP contribution is -2.45. The fourth-order valence-electron chi connectivity index (χ4n) is 1.49. The molecule has 0 spiro atoms. The highest BCUT2D eigenvalue weighted by Crippen LogP contribution is 2.01. The molecule has 1 rings (SSSR count). The Morgan fingerprint density at radius 2 is 2.26 bits per heavy atom. The Morgan fingerprint density at radius 3 is 2.79 bits per heavy atom. The Morgan fingerprint density at radius 1 is 1.53 bits per heavy atom. The molecule has 1 heterocycles. The second-order valence-corrected chi connectivity index (χ2v) is 4.25. The fraction of sp³-hybridized carbons (Fsp3) is 0.636. The van der Waals surface area contributed by atoms with Crippen LogP contribution in [0.25, 0.3) is 0 Å². The fourth-order valence-corrected chi connectivity index (χ4v) is 1.49. The minimum atomic E-state index is -0.927. The molecule has 2 amide bonds. The third-order valence-electron chi connectivity index (χ3n) is 2.47. The molecule has 0 aliphatic heterocycles. The molecule has 0 aromatic carbocycles. The van der Waals surface area contributed by atoms with Gasteiger partial charge in [-0.05, 0) is 13.8 Å². The van der Waals surface area contributed by atoms with Crippen molar-refractivity contribution in [3.05, 3.63) is 12.2 Å². The first-order valence-electron chi connectivity index (χ1n) is 6.02. The van der Waals surface area contributed by atoms with Crippen molar-refractivity contribution in [2.24, 2.45) is 0 Å². The van der Waals surface area contributed by atoms with E-state index in [-0.39, 0.29) is 25.0 Å². The number of carbonyl (C=O) groups excluding carboxylic acids is 1. The zero-order valence-electron chi connectivity index (χ0n) is 11.0. The van der Waals surface area contributed by atoms with Crippen molar-refractivity contribution in [1.29, 1.82) is 0 Å². The molecule has 106 valence electrons. The first-order valence-corrected chi connectivity index (χ1v) is 6.02. The molecular weight excluding hydrogens is 252 g/mol.